The summed E-state index contributed by atoms with van der Waals surface area (Å²) in [7, 11) is 0. The highest BCUT2D eigenvalue weighted by Gasteiger charge is 2.10. The summed E-state index contributed by atoms with van der Waals surface area (Å²) in [4.78, 5) is 0. The molecule has 1 aromatic carbocycles. The molecule has 1 aromatic rings. The van der Waals surface area contributed by atoms with Gasteiger partial charge in [-0.3, -0.25) is 0 Å². The van der Waals surface area contributed by atoms with Crippen LogP contribution in [0.3, 0.4) is 0 Å². The molecule has 0 saturated heterocycles. The Morgan fingerprint density at radius 1 is 1.54 bits per heavy atom. The van der Waals surface area contributed by atoms with E-state index in [9.17, 15) is 4.39 Å². The highest BCUT2D eigenvalue weighted by Crippen LogP contribution is 2.25. The van der Waals surface area contributed by atoms with E-state index in [-0.39, 0.29) is 12.4 Å². The molecule has 0 radical (unpaired) electrons. The molecule has 0 atom stereocenters. The molecular formula is C9H10FIO2. The number of hydrogen-bond donors (Lipinski definition) is 1. The Morgan fingerprint density at radius 2 is 2.23 bits per heavy atom. The van der Waals surface area contributed by atoms with Gasteiger partial charge < -0.3 is 9.84 Å². The molecular weight excluding hydrogens is 286 g/mol. The average Bonchev–Trinajstić information content (AvgIpc) is 2.09. The Balaban J connectivity index is 3.13. The first-order chi connectivity index (χ1) is 6.19. The van der Waals surface area contributed by atoms with Crippen LogP contribution in [-0.4, -0.2) is 11.7 Å². The van der Waals surface area contributed by atoms with E-state index in [1.165, 1.54) is 6.07 Å². The van der Waals surface area contributed by atoms with Gasteiger partial charge in [0.2, 0.25) is 0 Å². The Morgan fingerprint density at radius 3 is 2.77 bits per heavy atom. The van der Waals surface area contributed by atoms with Gasteiger partial charge in [0.15, 0.2) is 11.6 Å². The van der Waals surface area contributed by atoms with Gasteiger partial charge in [0.1, 0.15) is 0 Å². The van der Waals surface area contributed by atoms with Crippen molar-refractivity contribution in [1.29, 1.82) is 0 Å². The van der Waals surface area contributed by atoms with Crippen molar-refractivity contribution in [2.75, 3.05) is 6.61 Å². The maximum atomic E-state index is 13.2. The van der Waals surface area contributed by atoms with Crippen LogP contribution in [0.25, 0.3) is 0 Å². The fourth-order valence-electron chi connectivity index (χ4n) is 1.04. The third-order valence-corrected chi connectivity index (χ3v) is 2.17. The van der Waals surface area contributed by atoms with Gasteiger partial charge in [0, 0.05) is 9.13 Å². The molecule has 72 valence electrons. The first kappa shape index (κ1) is 10.7. The third kappa shape index (κ3) is 2.54. The molecule has 1 N–H and O–H groups in total. The largest absolute Gasteiger partial charge is 0.490 e. The normalized spacial score (nSPS) is 10.2. The lowest BCUT2D eigenvalue weighted by Crippen LogP contribution is -2.00. The van der Waals surface area contributed by atoms with Crippen LogP contribution >= 0.6 is 22.6 Å². The molecule has 0 bridgehead atoms. The van der Waals surface area contributed by atoms with Crippen molar-refractivity contribution in [3.8, 4) is 5.75 Å². The van der Waals surface area contributed by atoms with Crippen LogP contribution in [0.2, 0.25) is 0 Å². The van der Waals surface area contributed by atoms with Gasteiger partial charge in [0.25, 0.3) is 0 Å². The van der Waals surface area contributed by atoms with Gasteiger partial charge in [-0.2, -0.15) is 0 Å². The van der Waals surface area contributed by atoms with E-state index in [4.69, 9.17) is 9.84 Å². The second-order valence-corrected chi connectivity index (χ2v) is 3.71. The molecule has 0 aliphatic carbocycles. The zero-order valence-electron chi connectivity index (χ0n) is 7.18. The Labute approximate surface area is 89.9 Å². The van der Waals surface area contributed by atoms with E-state index >= 15 is 0 Å². The molecule has 0 unspecified atom stereocenters. The minimum atomic E-state index is -0.419. The minimum absolute atomic E-state index is 0.158. The maximum Gasteiger partial charge on any atom is 0.166 e. The van der Waals surface area contributed by atoms with Gasteiger partial charge >= 0.3 is 0 Å². The Hall–Kier alpha value is -0.360. The fourth-order valence-corrected chi connectivity index (χ4v) is 1.69. The van der Waals surface area contributed by atoms with Crippen molar-refractivity contribution >= 4 is 22.6 Å². The second-order valence-electron chi connectivity index (χ2n) is 2.47. The molecule has 13 heavy (non-hydrogen) atoms. The lowest BCUT2D eigenvalue weighted by Gasteiger charge is -2.09. The monoisotopic (exact) mass is 296 g/mol. The van der Waals surface area contributed by atoms with Crippen molar-refractivity contribution in [3.63, 3.8) is 0 Å². The summed E-state index contributed by atoms with van der Waals surface area (Å²) in [6.45, 7) is 1.96. The van der Waals surface area contributed by atoms with Crippen molar-refractivity contribution < 1.29 is 14.2 Å². The summed E-state index contributed by atoms with van der Waals surface area (Å²) in [5.74, 6) is -0.261. The molecule has 0 aliphatic rings. The highest BCUT2D eigenvalue weighted by atomic mass is 127. The summed E-state index contributed by atoms with van der Waals surface area (Å²) in [5.41, 5.74) is 0.492. The van der Waals surface area contributed by atoms with E-state index in [0.29, 0.717) is 12.2 Å². The first-order valence-corrected chi connectivity index (χ1v) is 4.98. The van der Waals surface area contributed by atoms with Crippen LogP contribution in [-0.2, 0) is 6.61 Å². The average molecular weight is 296 g/mol. The van der Waals surface area contributed by atoms with Crippen LogP contribution in [0, 0.1) is 9.39 Å². The zero-order valence-corrected chi connectivity index (χ0v) is 9.34. The number of aliphatic hydroxyl groups excluding tert-OH is 1. The van der Waals surface area contributed by atoms with Crippen molar-refractivity contribution in [2.45, 2.75) is 13.5 Å². The smallest absolute Gasteiger partial charge is 0.166 e. The second kappa shape index (κ2) is 4.76. The van der Waals surface area contributed by atoms with Crippen LogP contribution in [0.1, 0.15) is 12.5 Å². The molecule has 4 heteroatoms. The lowest BCUT2D eigenvalue weighted by atomic mass is 10.2. The molecule has 2 nitrogen and oxygen atoms in total. The number of ether oxygens (including phenoxy) is 1. The molecule has 0 amide bonds. The lowest BCUT2D eigenvalue weighted by molar-refractivity contribution is 0.261. The van der Waals surface area contributed by atoms with Gasteiger partial charge in [0.05, 0.1) is 13.2 Å². The van der Waals surface area contributed by atoms with E-state index in [1.807, 2.05) is 22.6 Å². The predicted octanol–water partition coefficient (Wildman–Crippen LogP) is 2.32. The molecule has 0 spiro atoms. The van der Waals surface area contributed by atoms with Crippen LogP contribution < -0.4 is 4.74 Å². The van der Waals surface area contributed by atoms with Crippen molar-refractivity contribution in [1.82, 2.24) is 0 Å². The quantitative estimate of drug-likeness (QED) is 0.867. The third-order valence-electron chi connectivity index (χ3n) is 1.54. The fraction of sp³-hybridized carbons (Fsp3) is 0.333. The standard InChI is InChI=1S/C9H10FIO2/c1-2-13-9-6(5-12)3-7(11)4-8(9)10/h3-4,12H,2,5H2,1H3. The molecule has 0 heterocycles. The molecule has 1 rings (SSSR count). The van der Waals surface area contributed by atoms with E-state index in [2.05, 4.69) is 0 Å². The number of benzene rings is 1. The SMILES string of the molecule is CCOc1c(F)cc(I)cc1CO. The number of hydrogen-bond acceptors (Lipinski definition) is 2. The summed E-state index contributed by atoms with van der Waals surface area (Å²) >= 11 is 1.99. The Kier molecular flexibility index (Phi) is 3.92. The van der Waals surface area contributed by atoms with Crippen LogP contribution in [0.4, 0.5) is 4.39 Å². The number of aliphatic hydroxyl groups is 1. The summed E-state index contributed by atoms with van der Waals surface area (Å²) in [6, 6.07) is 3.08. The number of rotatable bonds is 3. The maximum absolute atomic E-state index is 13.2. The van der Waals surface area contributed by atoms with Crippen molar-refractivity contribution in [3.05, 3.63) is 27.1 Å². The van der Waals surface area contributed by atoms with Crippen molar-refractivity contribution in [2.24, 2.45) is 0 Å². The van der Waals surface area contributed by atoms with Crippen LogP contribution in [0.15, 0.2) is 12.1 Å². The first-order valence-electron chi connectivity index (χ1n) is 3.90. The molecule has 0 saturated carbocycles. The van der Waals surface area contributed by atoms with E-state index in [1.54, 1.807) is 13.0 Å². The Bertz CT molecular complexity index is 302. The van der Waals surface area contributed by atoms with Gasteiger partial charge in [-0.05, 0) is 41.6 Å². The molecule has 0 aromatic heterocycles. The van der Waals surface area contributed by atoms with Gasteiger partial charge in [-0.15, -0.1) is 0 Å². The highest BCUT2D eigenvalue weighted by molar-refractivity contribution is 14.1. The summed E-state index contributed by atoms with van der Waals surface area (Å²) in [5, 5.41) is 8.94. The zero-order chi connectivity index (χ0) is 9.84. The van der Waals surface area contributed by atoms with Gasteiger partial charge in [-0.25, -0.2) is 4.39 Å². The molecule has 0 aliphatic heterocycles. The number of halogens is 2. The molecule has 0 fully saturated rings. The summed E-state index contributed by atoms with van der Waals surface area (Å²) < 4.78 is 19.1. The van der Waals surface area contributed by atoms with Crippen LogP contribution in [0.5, 0.6) is 5.75 Å². The predicted molar refractivity (Wildman–Crippen MR) is 56.2 cm³/mol. The summed E-state index contributed by atoms with van der Waals surface area (Å²) in [6.07, 6.45) is 0. The van der Waals surface area contributed by atoms with Gasteiger partial charge in [-0.1, -0.05) is 0 Å². The van der Waals surface area contributed by atoms with E-state index in [0.717, 1.165) is 3.57 Å². The topological polar surface area (TPSA) is 29.5 Å². The minimum Gasteiger partial charge on any atom is -0.490 e. The van der Waals surface area contributed by atoms with E-state index < -0.39 is 5.82 Å².